The van der Waals surface area contributed by atoms with Crippen LogP contribution in [0.4, 0.5) is 5.13 Å². The Hall–Kier alpha value is -2.36. The summed E-state index contributed by atoms with van der Waals surface area (Å²) in [5, 5.41) is 1.60. The Balaban J connectivity index is 1.37. The third kappa shape index (κ3) is 4.15. The molecule has 8 nitrogen and oxygen atoms in total. The van der Waals surface area contributed by atoms with Gasteiger partial charge < -0.3 is 14.6 Å². The summed E-state index contributed by atoms with van der Waals surface area (Å²) in [6, 6.07) is 7.43. The first-order chi connectivity index (χ1) is 13.2. The van der Waals surface area contributed by atoms with Gasteiger partial charge in [-0.15, -0.1) is 0 Å². The molecule has 2 aromatic heterocycles. The van der Waals surface area contributed by atoms with Crippen LogP contribution < -0.4 is 10.5 Å². The molecule has 0 atom stereocenters. The van der Waals surface area contributed by atoms with E-state index < -0.39 is 0 Å². The minimum Gasteiger partial charge on any atom is -0.384 e. The Bertz CT molecular complexity index is 964. The molecular weight excluding hydrogens is 364 g/mol. The number of aromatic nitrogens is 4. The number of piperazine rings is 1. The van der Waals surface area contributed by atoms with Gasteiger partial charge in [0.1, 0.15) is 11.6 Å². The molecule has 1 aliphatic heterocycles. The molecule has 0 bridgehead atoms. The summed E-state index contributed by atoms with van der Waals surface area (Å²) in [6.07, 6.45) is 0.744. The van der Waals surface area contributed by atoms with Gasteiger partial charge in [-0.1, -0.05) is 12.1 Å². The van der Waals surface area contributed by atoms with Crippen LogP contribution in [0.1, 0.15) is 11.6 Å². The number of nitrogens with one attached hydrogen (secondary N) is 1. The van der Waals surface area contributed by atoms with Crippen molar-refractivity contribution in [1.29, 1.82) is 0 Å². The van der Waals surface area contributed by atoms with Gasteiger partial charge in [0.2, 0.25) is 5.13 Å². The Kier molecular flexibility index (Phi) is 5.42. The van der Waals surface area contributed by atoms with Crippen LogP contribution in [0, 0.1) is 0 Å². The molecule has 9 heteroatoms. The number of aromatic amines is 1. The Morgan fingerprint density at radius 1 is 1.19 bits per heavy atom. The molecular formula is C18H22N6O2S. The molecule has 0 aliphatic carbocycles. The number of rotatable bonds is 6. The lowest BCUT2D eigenvalue weighted by Gasteiger charge is -2.33. The van der Waals surface area contributed by atoms with Crippen LogP contribution in [0.2, 0.25) is 0 Å². The van der Waals surface area contributed by atoms with Gasteiger partial charge in [-0.05, 0) is 12.1 Å². The van der Waals surface area contributed by atoms with Crippen LogP contribution >= 0.6 is 11.5 Å². The van der Waals surface area contributed by atoms with Gasteiger partial charge in [-0.25, -0.2) is 9.97 Å². The second-order valence-corrected chi connectivity index (χ2v) is 7.26. The van der Waals surface area contributed by atoms with Crippen LogP contribution in [0.3, 0.4) is 0 Å². The Morgan fingerprint density at radius 3 is 2.81 bits per heavy atom. The van der Waals surface area contributed by atoms with Crippen molar-refractivity contribution in [2.45, 2.75) is 13.0 Å². The molecule has 1 saturated heterocycles. The maximum absolute atomic E-state index is 12.2. The highest BCUT2D eigenvalue weighted by Crippen LogP contribution is 2.19. The van der Waals surface area contributed by atoms with Crippen molar-refractivity contribution >= 4 is 27.6 Å². The van der Waals surface area contributed by atoms with Crippen molar-refractivity contribution in [3.05, 3.63) is 46.3 Å². The van der Waals surface area contributed by atoms with Gasteiger partial charge in [0.15, 0.2) is 0 Å². The van der Waals surface area contributed by atoms with Crippen LogP contribution in [0.5, 0.6) is 0 Å². The highest BCUT2D eigenvalue weighted by molar-refractivity contribution is 7.09. The largest absolute Gasteiger partial charge is 0.384 e. The molecule has 1 aromatic carbocycles. The number of hydrogen-bond donors (Lipinski definition) is 1. The minimum atomic E-state index is -0.0771. The summed E-state index contributed by atoms with van der Waals surface area (Å²) in [7, 11) is 1.68. The molecule has 1 aliphatic rings. The molecule has 3 heterocycles. The van der Waals surface area contributed by atoms with E-state index in [4.69, 9.17) is 4.74 Å². The van der Waals surface area contributed by atoms with Crippen LogP contribution in [-0.4, -0.2) is 64.1 Å². The number of H-pyrrole nitrogens is 1. The Labute approximate surface area is 161 Å². The number of anilines is 1. The van der Waals surface area contributed by atoms with E-state index >= 15 is 0 Å². The Morgan fingerprint density at radius 2 is 2.00 bits per heavy atom. The maximum Gasteiger partial charge on any atom is 0.258 e. The lowest BCUT2D eigenvalue weighted by atomic mass is 10.2. The number of nitrogens with zero attached hydrogens (tertiary/aromatic N) is 5. The monoisotopic (exact) mass is 386 g/mol. The topological polar surface area (TPSA) is 87.2 Å². The lowest BCUT2D eigenvalue weighted by molar-refractivity contribution is 0.201. The maximum atomic E-state index is 12.2. The predicted octanol–water partition coefficient (Wildman–Crippen LogP) is 1.29. The van der Waals surface area contributed by atoms with Gasteiger partial charge in [-0.2, -0.15) is 4.37 Å². The van der Waals surface area contributed by atoms with E-state index in [9.17, 15) is 4.79 Å². The van der Waals surface area contributed by atoms with Crippen molar-refractivity contribution in [3.63, 3.8) is 0 Å². The zero-order chi connectivity index (χ0) is 18.6. The fraction of sp³-hybridized carbons (Fsp3) is 0.444. The standard InChI is InChI=1S/C18H22N6O2S/c1-26-11-6-15-21-18(27-22-15)24-9-7-23(8-10-24)12-16-19-14-5-3-2-4-13(14)17(25)20-16/h2-5H,6-12H2,1H3,(H,19,20,25). The average Bonchev–Trinajstić information content (AvgIpc) is 3.16. The zero-order valence-electron chi connectivity index (χ0n) is 15.2. The lowest BCUT2D eigenvalue weighted by Crippen LogP contribution is -2.46. The van der Waals surface area contributed by atoms with Gasteiger partial charge in [-0.3, -0.25) is 9.69 Å². The van der Waals surface area contributed by atoms with Gasteiger partial charge in [0, 0.05) is 51.2 Å². The molecule has 1 N–H and O–H groups in total. The second kappa shape index (κ2) is 8.12. The summed E-state index contributed by atoms with van der Waals surface area (Å²) in [4.78, 5) is 28.9. The van der Waals surface area contributed by atoms with Gasteiger partial charge >= 0.3 is 0 Å². The van der Waals surface area contributed by atoms with E-state index in [2.05, 4.69) is 29.1 Å². The highest BCUT2D eigenvalue weighted by atomic mass is 32.1. The van der Waals surface area contributed by atoms with Crippen LogP contribution in [-0.2, 0) is 17.7 Å². The van der Waals surface area contributed by atoms with Crippen molar-refractivity contribution in [2.75, 3.05) is 44.8 Å². The second-order valence-electron chi connectivity index (χ2n) is 6.53. The third-order valence-electron chi connectivity index (χ3n) is 4.67. The summed E-state index contributed by atoms with van der Waals surface area (Å²) in [5.41, 5.74) is 0.666. The molecule has 1 fully saturated rings. The smallest absolute Gasteiger partial charge is 0.258 e. The summed E-state index contributed by atoms with van der Waals surface area (Å²) >= 11 is 1.45. The number of hydrogen-bond acceptors (Lipinski definition) is 8. The SMILES string of the molecule is COCCc1nsc(N2CCN(Cc3nc4ccccc4c(=O)[nH]3)CC2)n1. The molecule has 142 valence electrons. The fourth-order valence-electron chi connectivity index (χ4n) is 3.19. The molecule has 4 rings (SSSR count). The van der Waals surface area contributed by atoms with Crippen LogP contribution in [0.15, 0.2) is 29.1 Å². The average molecular weight is 386 g/mol. The van der Waals surface area contributed by atoms with E-state index in [-0.39, 0.29) is 5.56 Å². The molecule has 0 radical (unpaired) electrons. The van der Waals surface area contributed by atoms with Crippen molar-refractivity contribution in [1.82, 2.24) is 24.2 Å². The normalized spacial score (nSPS) is 15.5. The minimum absolute atomic E-state index is 0.0771. The first kappa shape index (κ1) is 18.0. The number of fused-ring (bicyclic) bond motifs is 1. The third-order valence-corrected chi connectivity index (χ3v) is 5.48. The fourth-order valence-corrected chi connectivity index (χ4v) is 3.95. The van der Waals surface area contributed by atoms with Crippen molar-refractivity contribution in [3.8, 4) is 0 Å². The molecule has 0 unspecified atom stereocenters. The number of methoxy groups -OCH3 is 1. The van der Waals surface area contributed by atoms with Gasteiger partial charge in [0.25, 0.3) is 5.56 Å². The van der Waals surface area contributed by atoms with E-state index in [1.165, 1.54) is 11.5 Å². The first-order valence-electron chi connectivity index (χ1n) is 8.99. The first-order valence-corrected chi connectivity index (χ1v) is 9.77. The van der Waals surface area contributed by atoms with Crippen molar-refractivity contribution < 1.29 is 4.74 Å². The van der Waals surface area contributed by atoms with Crippen molar-refractivity contribution in [2.24, 2.45) is 0 Å². The van der Waals surface area contributed by atoms with E-state index in [1.807, 2.05) is 18.2 Å². The summed E-state index contributed by atoms with van der Waals surface area (Å²) in [5.74, 6) is 1.56. The number of para-hydroxylation sites is 1. The molecule has 3 aromatic rings. The van der Waals surface area contributed by atoms with Gasteiger partial charge in [0.05, 0.1) is 24.1 Å². The quantitative estimate of drug-likeness (QED) is 0.683. The summed E-state index contributed by atoms with van der Waals surface area (Å²) in [6.45, 7) is 4.84. The zero-order valence-corrected chi connectivity index (χ0v) is 16.0. The van der Waals surface area contributed by atoms with Crippen LogP contribution in [0.25, 0.3) is 10.9 Å². The molecule has 27 heavy (non-hydrogen) atoms. The number of benzene rings is 1. The van der Waals surface area contributed by atoms with E-state index in [0.717, 1.165) is 49.1 Å². The predicted molar refractivity (Wildman–Crippen MR) is 105 cm³/mol. The molecule has 0 spiro atoms. The highest BCUT2D eigenvalue weighted by Gasteiger charge is 2.21. The van der Waals surface area contributed by atoms with E-state index in [1.54, 1.807) is 13.2 Å². The molecule has 0 saturated carbocycles. The molecule has 0 amide bonds. The van der Waals surface area contributed by atoms with E-state index in [0.29, 0.717) is 24.4 Å². The summed E-state index contributed by atoms with van der Waals surface area (Å²) < 4.78 is 9.48. The number of ether oxygens (including phenoxy) is 1.